The third-order valence-corrected chi connectivity index (χ3v) is 3.60. The lowest BCUT2D eigenvalue weighted by molar-refractivity contribution is 0.112. The number of rotatable bonds is 1. The molecule has 82 valence electrons. The number of hydrogen-bond donors (Lipinski definition) is 1. The fraction of sp³-hybridized carbons (Fsp3) is 0.667. The topological polar surface area (TPSA) is 40.2 Å². The molecule has 3 heterocycles. The standard InChI is InChI=1S/C12H18N2O/c13-12-10(11-5-3-7-15-11)8-9-4-1-2-6-14(9)12/h8,11H,1-7,13H2/t11-/m1/s1. The lowest BCUT2D eigenvalue weighted by Crippen LogP contribution is -2.12. The van der Waals surface area contributed by atoms with E-state index in [0.29, 0.717) is 0 Å². The van der Waals surface area contributed by atoms with Gasteiger partial charge in [-0.05, 0) is 38.2 Å². The number of aryl methyl sites for hydroxylation is 1. The molecule has 1 saturated heterocycles. The van der Waals surface area contributed by atoms with Gasteiger partial charge in [-0.25, -0.2) is 0 Å². The maximum Gasteiger partial charge on any atom is 0.109 e. The van der Waals surface area contributed by atoms with E-state index in [0.717, 1.165) is 25.4 Å². The van der Waals surface area contributed by atoms with E-state index < -0.39 is 0 Å². The van der Waals surface area contributed by atoms with Gasteiger partial charge in [0, 0.05) is 24.4 Å². The molecule has 1 fully saturated rings. The Morgan fingerprint density at radius 2 is 2.27 bits per heavy atom. The number of nitrogens with zero attached hydrogens (tertiary/aromatic N) is 1. The highest BCUT2D eigenvalue weighted by atomic mass is 16.5. The highest BCUT2D eigenvalue weighted by molar-refractivity contribution is 5.47. The van der Waals surface area contributed by atoms with Gasteiger partial charge in [-0.2, -0.15) is 0 Å². The van der Waals surface area contributed by atoms with Crippen molar-refractivity contribution in [3.63, 3.8) is 0 Å². The van der Waals surface area contributed by atoms with Gasteiger partial charge < -0.3 is 15.0 Å². The molecule has 1 atom stereocenters. The Labute approximate surface area is 90.2 Å². The molecule has 0 amide bonds. The van der Waals surface area contributed by atoms with Crippen LogP contribution in [0.4, 0.5) is 5.82 Å². The van der Waals surface area contributed by atoms with Gasteiger partial charge in [0.2, 0.25) is 0 Å². The van der Waals surface area contributed by atoms with E-state index in [1.54, 1.807) is 0 Å². The lowest BCUT2D eigenvalue weighted by Gasteiger charge is -2.16. The van der Waals surface area contributed by atoms with Crippen molar-refractivity contribution in [2.24, 2.45) is 0 Å². The van der Waals surface area contributed by atoms with Gasteiger partial charge in [0.15, 0.2) is 0 Å². The normalized spacial score (nSPS) is 25.5. The maximum atomic E-state index is 6.19. The van der Waals surface area contributed by atoms with Crippen LogP contribution >= 0.6 is 0 Å². The second kappa shape index (κ2) is 3.56. The smallest absolute Gasteiger partial charge is 0.109 e. The second-order valence-electron chi connectivity index (χ2n) is 4.59. The van der Waals surface area contributed by atoms with Crippen LogP contribution < -0.4 is 5.73 Å². The van der Waals surface area contributed by atoms with E-state index in [1.165, 1.54) is 36.9 Å². The molecule has 2 N–H and O–H groups in total. The monoisotopic (exact) mass is 206 g/mol. The summed E-state index contributed by atoms with van der Waals surface area (Å²) < 4.78 is 7.98. The van der Waals surface area contributed by atoms with Crippen LogP contribution in [0.25, 0.3) is 0 Å². The van der Waals surface area contributed by atoms with Crippen molar-refractivity contribution < 1.29 is 4.74 Å². The first-order valence-corrected chi connectivity index (χ1v) is 5.95. The van der Waals surface area contributed by atoms with Crippen LogP contribution in [0, 0.1) is 0 Å². The first-order chi connectivity index (χ1) is 7.36. The second-order valence-corrected chi connectivity index (χ2v) is 4.59. The summed E-state index contributed by atoms with van der Waals surface area (Å²) >= 11 is 0. The average molecular weight is 206 g/mol. The summed E-state index contributed by atoms with van der Waals surface area (Å²) in [5, 5.41) is 0. The molecular formula is C12H18N2O. The van der Waals surface area contributed by atoms with Crippen LogP contribution in [0.2, 0.25) is 0 Å². The number of anilines is 1. The summed E-state index contributed by atoms with van der Waals surface area (Å²) in [6.07, 6.45) is 6.31. The van der Waals surface area contributed by atoms with E-state index in [1.807, 2.05) is 0 Å². The summed E-state index contributed by atoms with van der Waals surface area (Å²) in [4.78, 5) is 0. The van der Waals surface area contributed by atoms with Crippen molar-refractivity contribution in [2.75, 3.05) is 12.3 Å². The summed E-state index contributed by atoms with van der Waals surface area (Å²) in [5.74, 6) is 0.955. The molecule has 0 radical (unpaired) electrons. The molecule has 3 nitrogen and oxygen atoms in total. The van der Waals surface area contributed by atoms with Crippen molar-refractivity contribution in [1.29, 1.82) is 0 Å². The van der Waals surface area contributed by atoms with Gasteiger partial charge >= 0.3 is 0 Å². The number of aromatic nitrogens is 1. The Bertz CT molecular complexity index is 364. The number of ether oxygens (including phenoxy) is 1. The van der Waals surface area contributed by atoms with Gasteiger partial charge in [0.25, 0.3) is 0 Å². The molecule has 1 aromatic rings. The van der Waals surface area contributed by atoms with E-state index in [2.05, 4.69) is 10.6 Å². The van der Waals surface area contributed by atoms with Crippen molar-refractivity contribution in [2.45, 2.75) is 44.8 Å². The van der Waals surface area contributed by atoms with E-state index in [4.69, 9.17) is 10.5 Å². The fourth-order valence-electron chi connectivity index (χ4n) is 2.77. The first kappa shape index (κ1) is 9.28. The van der Waals surface area contributed by atoms with Gasteiger partial charge in [0.05, 0.1) is 6.10 Å². The minimum absolute atomic E-state index is 0.267. The number of fused-ring (bicyclic) bond motifs is 1. The molecule has 2 aliphatic rings. The van der Waals surface area contributed by atoms with Crippen LogP contribution in [0.15, 0.2) is 6.07 Å². The molecule has 2 aliphatic heterocycles. The highest BCUT2D eigenvalue weighted by Gasteiger charge is 2.24. The molecule has 0 saturated carbocycles. The molecule has 0 aromatic carbocycles. The van der Waals surface area contributed by atoms with Crippen LogP contribution in [-0.2, 0) is 17.7 Å². The number of hydrogen-bond acceptors (Lipinski definition) is 2. The molecule has 3 heteroatoms. The minimum atomic E-state index is 0.267. The average Bonchev–Trinajstić information content (AvgIpc) is 2.87. The third-order valence-electron chi connectivity index (χ3n) is 3.60. The maximum absolute atomic E-state index is 6.19. The zero-order chi connectivity index (χ0) is 10.3. The van der Waals surface area contributed by atoms with Crippen LogP contribution in [0.1, 0.15) is 43.0 Å². The molecule has 0 aliphatic carbocycles. The highest BCUT2D eigenvalue weighted by Crippen LogP contribution is 2.35. The largest absolute Gasteiger partial charge is 0.385 e. The summed E-state index contributed by atoms with van der Waals surface area (Å²) in [5.41, 5.74) is 8.83. The van der Waals surface area contributed by atoms with E-state index >= 15 is 0 Å². The Balaban J connectivity index is 1.97. The van der Waals surface area contributed by atoms with Gasteiger partial charge in [-0.15, -0.1) is 0 Å². The summed E-state index contributed by atoms with van der Waals surface area (Å²) in [7, 11) is 0. The Hall–Kier alpha value is -0.960. The Morgan fingerprint density at radius 3 is 3.00 bits per heavy atom. The molecular weight excluding hydrogens is 188 g/mol. The summed E-state index contributed by atoms with van der Waals surface area (Å²) in [6.45, 7) is 1.98. The zero-order valence-corrected chi connectivity index (χ0v) is 9.04. The van der Waals surface area contributed by atoms with Crippen LogP contribution in [0.3, 0.4) is 0 Å². The van der Waals surface area contributed by atoms with Crippen LogP contribution in [0.5, 0.6) is 0 Å². The zero-order valence-electron chi connectivity index (χ0n) is 9.04. The van der Waals surface area contributed by atoms with Crippen molar-refractivity contribution in [3.8, 4) is 0 Å². The van der Waals surface area contributed by atoms with Crippen molar-refractivity contribution in [3.05, 3.63) is 17.3 Å². The third kappa shape index (κ3) is 1.46. The van der Waals surface area contributed by atoms with E-state index in [9.17, 15) is 0 Å². The van der Waals surface area contributed by atoms with Gasteiger partial charge in [-0.3, -0.25) is 0 Å². The fourth-order valence-corrected chi connectivity index (χ4v) is 2.77. The molecule has 0 bridgehead atoms. The first-order valence-electron chi connectivity index (χ1n) is 5.95. The predicted molar refractivity (Wildman–Crippen MR) is 59.7 cm³/mol. The SMILES string of the molecule is Nc1c([C@H]2CCCO2)cc2n1CCCC2. The molecule has 0 unspecified atom stereocenters. The van der Waals surface area contributed by atoms with Crippen molar-refractivity contribution in [1.82, 2.24) is 4.57 Å². The molecule has 0 spiro atoms. The minimum Gasteiger partial charge on any atom is -0.385 e. The molecule has 15 heavy (non-hydrogen) atoms. The molecule has 3 rings (SSSR count). The van der Waals surface area contributed by atoms with Crippen LogP contribution in [-0.4, -0.2) is 11.2 Å². The number of nitrogen functional groups attached to an aromatic ring is 1. The Morgan fingerprint density at radius 1 is 1.33 bits per heavy atom. The predicted octanol–water partition coefficient (Wildman–Crippen LogP) is 2.26. The lowest BCUT2D eigenvalue weighted by atomic mass is 10.1. The van der Waals surface area contributed by atoms with Gasteiger partial charge in [0.1, 0.15) is 5.82 Å². The van der Waals surface area contributed by atoms with Gasteiger partial charge in [-0.1, -0.05) is 0 Å². The number of nitrogens with two attached hydrogens (primary N) is 1. The van der Waals surface area contributed by atoms with Crippen molar-refractivity contribution >= 4 is 5.82 Å². The van der Waals surface area contributed by atoms with E-state index in [-0.39, 0.29) is 6.10 Å². The quantitative estimate of drug-likeness (QED) is 0.765. The molecule has 1 aromatic heterocycles. The summed E-state index contributed by atoms with van der Waals surface area (Å²) in [6, 6.07) is 2.27. The Kier molecular flexibility index (Phi) is 2.20.